The van der Waals surface area contributed by atoms with Crippen molar-refractivity contribution >= 4 is 17.6 Å². The molecule has 0 aromatic heterocycles. The second kappa shape index (κ2) is 7.14. The third-order valence-electron chi connectivity index (χ3n) is 2.06. The highest BCUT2D eigenvalue weighted by molar-refractivity contribution is 6.17. The van der Waals surface area contributed by atoms with E-state index >= 15 is 0 Å². The van der Waals surface area contributed by atoms with Gasteiger partial charge in [0.1, 0.15) is 5.75 Å². The smallest absolute Gasteiger partial charge is 0.337 e. The van der Waals surface area contributed by atoms with E-state index in [9.17, 15) is 4.79 Å². The quantitative estimate of drug-likeness (QED) is 0.764. The van der Waals surface area contributed by atoms with Crippen molar-refractivity contribution in [3.63, 3.8) is 0 Å². The summed E-state index contributed by atoms with van der Waals surface area (Å²) in [6.07, 6.45) is -1.01. The molecule has 94 valence electrons. The van der Waals surface area contributed by atoms with Gasteiger partial charge in [0.15, 0.2) is 6.10 Å². The van der Waals surface area contributed by atoms with Crippen molar-refractivity contribution in [3.05, 3.63) is 29.8 Å². The first-order valence-electron chi connectivity index (χ1n) is 5.32. The fourth-order valence-electron chi connectivity index (χ4n) is 1.41. The molecule has 0 aliphatic carbocycles. The Balaban J connectivity index is 2.85. The van der Waals surface area contributed by atoms with E-state index in [-0.39, 0.29) is 12.5 Å². The standard InChI is InChI=1S/C12H15ClO4/c1-2-16-10-5-3-4-9(8-10)11(12(14)15)17-7-6-13/h3-5,8,11H,2,6-7H2,1H3,(H,14,15). The average Bonchev–Trinajstić information content (AvgIpc) is 2.30. The molecule has 1 aromatic rings. The molecule has 5 heteroatoms. The summed E-state index contributed by atoms with van der Waals surface area (Å²) in [4.78, 5) is 11.1. The molecule has 0 radical (unpaired) electrons. The summed E-state index contributed by atoms with van der Waals surface area (Å²) in [5.41, 5.74) is 0.550. The van der Waals surface area contributed by atoms with Crippen LogP contribution in [0.1, 0.15) is 18.6 Å². The fourth-order valence-corrected chi connectivity index (χ4v) is 1.50. The molecule has 1 unspecified atom stereocenters. The van der Waals surface area contributed by atoms with E-state index < -0.39 is 12.1 Å². The molecule has 0 spiro atoms. The third-order valence-corrected chi connectivity index (χ3v) is 2.21. The van der Waals surface area contributed by atoms with Crippen molar-refractivity contribution in [1.82, 2.24) is 0 Å². The van der Waals surface area contributed by atoms with Crippen LogP contribution in [0.3, 0.4) is 0 Å². The number of hydrogen-bond donors (Lipinski definition) is 1. The van der Waals surface area contributed by atoms with Crippen molar-refractivity contribution in [2.45, 2.75) is 13.0 Å². The SMILES string of the molecule is CCOc1cccc(C(OCCCl)C(=O)O)c1. The normalized spacial score (nSPS) is 12.1. The summed E-state index contributed by atoms with van der Waals surface area (Å²) >= 11 is 5.48. The number of carbonyl (C=O) groups is 1. The van der Waals surface area contributed by atoms with E-state index in [1.54, 1.807) is 24.3 Å². The number of ether oxygens (including phenoxy) is 2. The number of rotatable bonds is 7. The summed E-state index contributed by atoms with van der Waals surface area (Å²) in [5, 5.41) is 9.07. The number of carboxylic acid groups (broad SMARTS) is 1. The first-order valence-corrected chi connectivity index (χ1v) is 5.85. The summed E-state index contributed by atoms with van der Waals surface area (Å²) in [6, 6.07) is 6.86. The molecule has 1 N–H and O–H groups in total. The number of benzene rings is 1. The maximum Gasteiger partial charge on any atom is 0.337 e. The summed E-state index contributed by atoms with van der Waals surface area (Å²) in [5.74, 6) is -0.149. The maximum atomic E-state index is 11.1. The minimum atomic E-state index is -1.04. The van der Waals surface area contributed by atoms with Gasteiger partial charge in [0.05, 0.1) is 13.2 Å². The van der Waals surface area contributed by atoms with Crippen molar-refractivity contribution in [2.75, 3.05) is 19.1 Å². The lowest BCUT2D eigenvalue weighted by molar-refractivity contribution is -0.150. The van der Waals surface area contributed by atoms with Gasteiger partial charge in [0, 0.05) is 5.88 Å². The molecule has 1 atom stereocenters. The van der Waals surface area contributed by atoms with E-state index in [0.29, 0.717) is 17.9 Å². The van der Waals surface area contributed by atoms with Gasteiger partial charge in [-0.05, 0) is 24.6 Å². The highest BCUT2D eigenvalue weighted by Gasteiger charge is 2.20. The van der Waals surface area contributed by atoms with Crippen LogP contribution in [-0.2, 0) is 9.53 Å². The van der Waals surface area contributed by atoms with Crippen LogP contribution < -0.4 is 4.74 Å². The van der Waals surface area contributed by atoms with Crippen LogP contribution in [0.4, 0.5) is 0 Å². The Labute approximate surface area is 105 Å². The lowest BCUT2D eigenvalue weighted by Gasteiger charge is -2.14. The van der Waals surface area contributed by atoms with Gasteiger partial charge in [-0.15, -0.1) is 11.6 Å². The Morgan fingerprint density at radius 2 is 2.29 bits per heavy atom. The van der Waals surface area contributed by atoms with Gasteiger partial charge in [-0.1, -0.05) is 12.1 Å². The largest absolute Gasteiger partial charge is 0.494 e. The van der Waals surface area contributed by atoms with Crippen molar-refractivity contribution in [1.29, 1.82) is 0 Å². The molecule has 0 fully saturated rings. The zero-order chi connectivity index (χ0) is 12.7. The van der Waals surface area contributed by atoms with Crippen molar-refractivity contribution < 1.29 is 19.4 Å². The topological polar surface area (TPSA) is 55.8 Å². The van der Waals surface area contributed by atoms with E-state index in [1.807, 2.05) is 6.92 Å². The highest BCUT2D eigenvalue weighted by atomic mass is 35.5. The minimum absolute atomic E-state index is 0.192. The van der Waals surface area contributed by atoms with Gasteiger partial charge in [0.25, 0.3) is 0 Å². The van der Waals surface area contributed by atoms with Crippen molar-refractivity contribution in [2.24, 2.45) is 0 Å². The van der Waals surface area contributed by atoms with Gasteiger partial charge in [0.2, 0.25) is 0 Å². The monoisotopic (exact) mass is 258 g/mol. The number of hydrogen-bond acceptors (Lipinski definition) is 3. The minimum Gasteiger partial charge on any atom is -0.494 e. The van der Waals surface area contributed by atoms with Gasteiger partial charge >= 0.3 is 5.97 Å². The summed E-state index contributed by atoms with van der Waals surface area (Å²) in [7, 11) is 0. The predicted octanol–water partition coefficient (Wildman–Crippen LogP) is 2.47. The summed E-state index contributed by atoms with van der Waals surface area (Å²) in [6.45, 7) is 2.59. The van der Waals surface area contributed by atoms with Crippen LogP contribution in [0, 0.1) is 0 Å². The number of aliphatic carboxylic acids is 1. The second-order valence-electron chi connectivity index (χ2n) is 3.28. The molecular weight excluding hydrogens is 244 g/mol. The van der Waals surface area contributed by atoms with Gasteiger partial charge in [-0.25, -0.2) is 4.79 Å². The van der Waals surface area contributed by atoms with Crippen LogP contribution >= 0.6 is 11.6 Å². The second-order valence-corrected chi connectivity index (χ2v) is 3.66. The van der Waals surface area contributed by atoms with Gasteiger partial charge in [-0.3, -0.25) is 0 Å². The lowest BCUT2D eigenvalue weighted by Crippen LogP contribution is -2.16. The Morgan fingerprint density at radius 3 is 2.88 bits per heavy atom. The molecular formula is C12H15ClO4. The Hall–Kier alpha value is -1.26. The molecule has 0 bridgehead atoms. The first-order chi connectivity index (χ1) is 8.19. The van der Waals surface area contributed by atoms with E-state index in [0.717, 1.165) is 0 Å². The van der Waals surface area contributed by atoms with Crippen LogP contribution in [0.5, 0.6) is 5.75 Å². The lowest BCUT2D eigenvalue weighted by atomic mass is 10.1. The average molecular weight is 259 g/mol. The first kappa shape index (κ1) is 13.8. The number of alkyl halides is 1. The highest BCUT2D eigenvalue weighted by Crippen LogP contribution is 2.22. The molecule has 0 aliphatic heterocycles. The molecule has 0 saturated heterocycles. The Kier molecular flexibility index (Phi) is 5.80. The summed E-state index contributed by atoms with van der Waals surface area (Å²) < 4.78 is 10.5. The molecule has 0 heterocycles. The molecule has 4 nitrogen and oxygen atoms in total. The van der Waals surface area contributed by atoms with Crippen LogP contribution in [0.25, 0.3) is 0 Å². The van der Waals surface area contributed by atoms with Crippen LogP contribution in [0.2, 0.25) is 0 Å². The van der Waals surface area contributed by atoms with Gasteiger partial charge < -0.3 is 14.6 Å². The van der Waals surface area contributed by atoms with Gasteiger partial charge in [-0.2, -0.15) is 0 Å². The molecule has 1 rings (SSSR count). The molecule has 0 aliphatic rings. The molecule has 17 heavy (non-hydrogen) atoms. The van der Waals surface area contributed by atoms with Crippen LogP contribution in [-0.4, -0.2) is 30.2 Å². The zero-order valence-electron chi connectivity index (χ0n) is 9.56. The molecule has 1 aromatic carbocycles. The maximum absolute atomic E-state index is 11.1. The van der Waals surface area contributed by atoms with E-state index in [2.05, 4.69) is 0 Å². The zero-order valence-corrected chi connectivity index (χ0v) is 10.3. The number of carboxylic acids is 1. The fraction of sp³-hybridized carbons (Fsp3) is 0.417. The predicted molar refractivity (Wildman–Crippen MR) is 64.7 cm³/mol. The Bertz CT molecular complexity index is 367. The number of halogens is 1. The third kappa shape index (κ3) is 4.24. The van der Waals surface area contributed by atoms with Crippen LogP contribution in [0.15, 0.2) is 24.3 Å². The van der Waals surface area contributed by atoms with E-state index in [4.69, 9.17) is 26.2 Å². The molecule has 0 saturated carbocycles. The Morgan fingerprint density at radius 1 is 1.53 bits per heavy atom. The van der Waals surface area contributed by atoms with E-state index in [1.165, 1.54) is 0 Å². The van der Waals surface area contributed by atoms with Crippen molar-refractivity contribution in [3.8, 4) is 5.75 Å². The molecule has 0 amide bonds.